The van der Waals surface area contributed by atoms with Crippen LogP contribution in [0.1, 0.15) is 13.3 Å². The van der Waals surface area contributed by atoms with E-state index in [0.717, 1.165) is 6.92 Å². The molecule has 0 aliphatic rings. The van der Waals surface area contributed by atoms with Crippen molar-refractivity contribution in [3.63, 3.8) is 0 Å². The summed E-state index contributed by atoms with van der Waals surface area (Å²) < 4.78 is 29.8. The van der Waals surface area contributed by atoms with Crippen LogP contribution in [-0.4, -0.2) is 41.5 Å². The van der Waals surface area contributed by atoms with Crippen LogP contribution in [0.5, 0.6) is 0 Å². The first-order chi connectivity index (χ1) is 7.14. The Hall–Kier alpha value is -1.23. The van der Waals surface area contributed by atoms with Crippen molar-refractivity contribution in [3.05, 3.63) is 0 Å². The fraction of sp³-hybridized carbons (Fsp3) is 0.667. The number of rotatable bonds is 6. The zero-order chi connectivity index (χ0) is 12.9. The summed E-state index contributed by atoms with van der Waals surface area (Å²) in [6.07, 6.45) is -2.53. The molecule has 0 saturated heterocycles. The molecule has 0 aromatic heterocycles. The van der Waals surface area contributed by atoms with E-state index in [-0.39, 0.29) is 0 Å². The Morgan fingerprint density at radius 2 is 2.00 bits per heavy atom. The van der Waals surface area contributed by atoms with Crippen molar-refractivity contribution in [2.24, 2.45) is 0 Å². The highest BCUT2D eigenvalue weighted by Crippen LogP contribution is 2.05. The van der Waals surface area contributed by atoms with Crippen LogP contribution in [0, 0.1) is 0 Å². The Kier molecular flexibility index (Phi) is 5.30. The predicted molar refractivity (Wildman–Crippen MR) is 45.9 cm³/mol. The minimum atomic E-state index is -4.92. The van der Waals surface area contributed by atoms with E-state index in [1.807, 2.05) is 0 Å². The molecule has 0 aliphatic carbocycles. The monoisotopic (exact) mass is 256 g/mol. The third kappa shape index (κ3) is 5.60. The first kappa shape index (κ1) is 14.8. The van der Waals surface area contributed by atoms with E-state index in [4.69, 9.17) is 9.66 Å². The van der Waals surface area contributed by atoms with Crippen molar-refractivity contribution < 1.29 is 37.6 Å². The van der Waals surface area contributed by atoms with Crippen molar-refractivity contribution in [1.82, 2.24) is 5.48 Å². The highest BCUT2D eigenvalue weighted by Gasteiger charge is 2.33. The summed E-state index contributed by atoms with van der Waals surface area (Å²) in [7, 11) is -4.92. The van der Waals surface area contributed by atoms with Crippen LogP contribution in [0.3, 0.4) is 0 Å². The van der Waals surface area contributed by atoms with E-state index < -0.39 is 40.0 Å². The molecule has 0 aromatic rings. The molecule has 2 atom stereocenters. The number of carboxylic acids is 1. The molecule has 0 aliphatic heterocycles. The van der Waals surface area contributed by atoms with Gasteiger partial charge in [0.2, 0.25) is 0 Å². The topological polar surface area (TPSA) is 153 Å². The molecule has 0 bridgehead atoms. The standard InChI is InChI=1S/C6H11NO8S/c1-3(8)7-15-6(11)4(2-5(9)10)16(12,13)14/h3-4,7-8H,2H2,1H3,(H,9,10)(H,12,13,14)/p-1. The first-order valence-corrected chi connectivity index (χ1v) is 5.45. The van der Waals surface area contributed by atoms with Gasteiger partial charge in [-0.15, -0.1) is 5.48 Å². The quantitative estimate of drug-likeness (QED) is 0.253. The maximum atomic E-state index is 11.0. The van der Waals surface area contributed by atoms with Gasteiger partial charge in [-0.2, -0.15) is 8.42 Å². The number of hydrogen-bond donors (Lipinski definition) is 3. The number of hydrogen-bond acceptors (Lipinski definition) is 8. The molecule has 0 spiro atoms. The Balaban J connectivity index is 4.65. The molecule has 0 aromatic carbocycles. The minimum absolute atomic E-state index is 1.16. The Bertz CT molecular complexity index is 361. The summed E-state index contributed by atoms with van der Waals surface area (Å²) >= 11 is 0. The van der Waals surface area contributed by atoms with Crippen LogP contribution >= 0.6 is 0 Å². The van der Waals surface area contributed by atoms with Crippen LogP contribution < -0.4 is 10.6 Å². The highest BCUT2D eigenvalue weighted by atomic mass is 32.2. The van der Waals surface area contributed by atoms with Crippen molar-refractivity contribution >= 4 is 22.1 Å². The van der Waals surface area contributed by atoms with Gasteiger partial charge < -0.3 is 19.8 Å². The molecule has 0 radical (unpaired) electrons. The highest BCUT2D eigenvalue weighted by molar-refractivity contribution is 7.87. The van der Waals surface area contributed by atoms with Gasteiger partial charge >= 0.3 is 5.97 Å². The van der Waals surface area contributed by atoms with Gasteiger partial charge in [0, 0.05) is 12.4 Å². The van der Waals surface area contributed by atoms with Crippen LogP contribution in [0.4, 0.5) is 0 Å². The molecule has 3 N–H and O–H groups in total. The van der Waals surface area contributed by atoms with E-state index in [1.54, 1.807) is 5.48 Å². The van der Waals surface area contributed by atoms with E-state index in [1.165, 1.54) is 0 Å². The van der Waals surface area contributed by atoms with Gasteiger partial charge in [0.25, 0.3) is 10.1 Å². The lowest BCUT2D eigenvalue weighted by Gasteiger charge is -2.14. The lowest BCUT2D eigenvalue weighted by atomic mass is 10.3. The molecule has 0 fully saturated rings. The van der Waals surface area contributed by atoms with Gasteiger partial charge in [-0.05, 0) is 6.92 Å². The summed E-state index contributed by atoms with van der Waals surface area (Å²) in [5.74, 6) is -3.41. The number of nitrogens with one attached hydrogen (secondary N) is 1. The number of aliphatic hydroxyl groups excluding tert-OH is 1. The molecular formula is C6H10NO8S-. The number of aliphatic hydroxyl groups is 1. The van der Waals surface area contributed by atoms with E-state index >= 15 is 0 Å². The van der Waals surface area contributed by atoms with Gasteiger partial charge in [-0.3, -0.25) is 4.55 Å². The van der Waals surface area contributed by atoms with E-state index in [0.29, 0.717) is 0 Å². The summed E-state index contributed by atoms with van der Waals surface area (Å²) in [5.41, 5.74) is 1.69. The van der Waals surface area contributed by atoms with Gasteiger partial charge in [-0.25, -0.2) is 4.79 Å². The Morgan fingerprint density at radius 1 is 1.50 bits per heavy atom. The van der Waals surface area contributed by atoms with Crippen molar-refractivity contribution in [2.45, 2.75) is 24.8 Å². The van der Waals surface area contributed by atoms with Crippen molar-refractivity contribution in [1.29, 1.82) is 0 Å². The van der Waals surface area contributed by atoms with Gasteiger partial charge in [-0.1, -0.05) is 0 Å². The summed E-state index contributed by atoms with van der Waals surface area (Å²) in [6, 6.07) is 0. The molecule has 0 heterocycles. The number of carboxylic acid groups (broad SMARTS) is 1. The maximum absolute atomic E-state index is 11.0. The summed E-state index contributed by atoms with van der Waals surface area (Å²) in [4.78, 5) is 25.2. The predicted octanol–water partition coefficient (Wildman–Crippen LogP) is -3.23. The van der Waals surface area contributed by atoms with Crippen molar-refractivity contribution in [2.75, 3.05) is 0 Å². The van der Waals surface area contributed by atoms with Gasteiger partial charge in [0.1, 0.15) is 6.23 Å². The molecular weight excluding hydrogens is 246 g/mol. The number of carbonyl (C=O) groups excluding carboxylic acids is 2. The average molecular weight is 256 g/mol. The van der Waals surface area contributed by atoms with Crippen LogP contribution in [-0.2, 0) is 24.5 Å². The molecule has 10 heteroatoms. The second kappa shape index (κ2) is 5.75. The van der Waals surface area contributed by atoms with Crippen LogP contribution in [0.2, 0.25) is 0 Å². The lowest BCUT2D eigenvalue weighted by molar-refractivity contribution is -0.305. The van der Waals surface area contributed by atoms with Gasteiger partial charge in [0.05, 0.1) is 0 Å². The average Bonchev–Trinajstić information content (AvgIpc) is 2.08. The Labute approximate surface area is 90.7 Å². The largest absolute Gasteiger partial charge is 0.550 e. The third-order valence-corrected chi connectivity index (χ3v) is 2.38. The fourth-order valence-corrected chi connectivity index (χ4v) is 1.31. The van der Waals surface area contributed by atoms with E-state index in [2.05, 4.69) is 4.84 Å². The maximum Gasteiger partial charge on any atom is 0.345 e. The smallest absolute Gasteiger partial charge is 0.345 e. The number of carbonyl (C=O) groups is 2. The van der Waals surface area contributed by atoms with Crippen molar-refractivity contribution in [3.8, 4) is 0 Å². The zero-order valence-electron chi connectivity index (χ0n) is 8.11. The normalized spacial score (nSPS) is 15.2. The number of aliphatic carboxylic acids is 1. The van der Waals surface area contributed by atoms with Crippen LogP contribution in [0.15, 0.2) is 0 Å². The Morgan fingerprint density at radius 3 is 2.31 bits per heavy atom. The second-order valence-corrected chi connectivity index (χ2v) is 4.39. The molecule has 0 amide bonds. The molecule has 2 unspecified atom stereocenters. The van der Waals surface area contributed by atoms with Crippen LogP contribution in [0.25, 0.3) is 0 Å². The summed E-state index contributed by atoms with van der Waals surface area (Å²) in [5, 5.41) is 16.5. The molecule has 94 valence electrons. The molecule has 9 nitrogen and oxygen atoms in total. The minimum Gasteiger partial charge on any atom is -0.550 e. The SMILES string of the molecule is CC(O)NOC(=O)C(CC(=O)[O-])S(=O)(=O)O. The fourth-order valence-electron chi connectivity index (χ4n) is 0.671. The molecule has 0 saturated carbocycles. The lowest BCUT2D eigenvalue weighted by Crippen LogP contribution is -2.41. The molecule has 16 heavy (non-hydrogen) atoms. The molecule has 0 rings (SSSR count). The van der Waals surface area contributed by atoms with E-state index in [9.17, 15) is 23.1 Å². The first-order valence-electron chi connectivity index (χ1n) is 3.95. The zero-order valence-corrected chi connectivity index (χ0v) is 8.93. The summed E-state index contributed by atoms with van der Waals surface area (Å²) in [6.45, 7) is 1.16. The third-order valence-electron chi connectivity index (χ3n) is 1.30. The van der Waals surface area contributed by atoms with Gasteiger partial charge in [0.15, 0.2) is 5.25 Å². The number of hydroxylamine groups is 1. The second-order valence-electron chi connectivity index (χ2n) is 2.79.